The molecule has 0 bridgehead atoms. The van der Waals surface area contributed by atoms with Crippen molar-refractivity contribution in [3.05, 3.63) is 0 Å². The van der Waals surface area contributed by atoms with Crippen LogP contribution in [0.1, 0.15) is 67.7 Å². The SMILES string of the molecule is CCCCNC(=O)CCOC(C)(C)COC(C)(C)CNC(=O)CSC(C)(C)N. The third-order valence-electron chi connectivity index (χ3n) is 3.77. The van der Waals surface area contributed by atoms with E-state index in [1.54, 1.807) is 0 Å². The topological polar surface area (TPSA) is 103 Å². The van der Waals surface area contributed by atoms with Gasteiger partial charge in [0.15, 0.2) is 0 Å². The Balaban J connectivity index is 4.12. The number of nitrogens with two attached hydrogens (primary N) is 1. The van der Waals surface area contributed by atoms with Crippen LogP contribution >= 0.6 is 11.8 Å². The molecule has 0 fully saturated rings. The lowest BCUT2D eigenvalue weighted by Gasteiger charge is -2.32. The second kappa shape index (κ2) is 12.7. The summed E-state index contributed by atoms with van der Waals surface area (Å²) in [7, 11) is 0. The zero-order valence-electron chi connectivity index (χ0n) is 18.8. The fraction of sp³-hybridized carbons (Fsp3) is 0.900. The highest BCUT2D eigenvalue weighted by Crippen LogP contribution is 2.18. The average Bonchev–Trinajstić information content (AvgIpc) is 2.56. The summed E-state index contributed by atoms with van der Waals surface area (Å²) in [5.41, 5.74) is 4.82. The van der Waals surface area contributed by atoms with Crippen LogP contribution in [-0.4, -0.2) is 59.9 Å². The van der Waals surface area contributed by atoms with Gasteiger partial charge in [0.2, 0.25) is 11.8 Å². The molecule has 2 amide bonds. The molecule has 4 N–H and O–H groups in total. The number of nitrogens with one attached hydrogen (secondary N) is 2. The molecular formula is C20H41N3O4S. The van der Waals surface area contributed by atoms with Crippen LogP contribution in [0.25, 0.3) is 0 Å². The summed E-state index contributed by atoms with van der Waals surface area (Å²) in [6.07, 6.45) is 2.38. The van der Waals surface area contributed by atoms with E-state index in [-0.39, 0.29) is 11.8 Å². The molecule has 0 aromatic carbocycles. The highest BCUT2D eigenvalue weighted by atomic mass is 32.2. The normalized spacial score (nSPS) is 12.7. The molecule has 0 radical (unpaired) electrons. The predicted octanol–water partition coefficient (Wildman–Crippen LogP) is 2.43. The highest BCUT2D eigenvalue weighted by Gasteiger charge is 2.26. The molecule has 0 atom stereocenters. The Morgan fingerprint density at radius 3 is 2.18 bits per heavy atom. The molecule has 7 nitrogen and oxygen atoms in total. The molecule has 0 saturated heterocycles. The first-order valence-corrected chi connectivity index (χ1v) is 11.0. The lowest BCUT2D eigenvalue weighted by atomic mass is 10.1. The zero-order valence-corrected chi connectivity index (χ0v) is 19.6. The van der Waals surface area contributed by atoms with Crippen LogP contribution in [0.2, 0.25) is 0 Å². The van der Waals surface area contributed by atoms with Gasteiger partial charge in [-0.25, -0.2) is 0 Å². The van der Waals surface area contributed by atoms with Gasteiger partial charge in [-0.2, -0.15) is 0 Å². The summed E-state index contributed by atoms with van der Waals surface area (Å²) in [6.45, 7) is 15.3. The molecule has 0 aliphatic carbocycles. The van der Waals surface area contributed by atoms with E-state index in [2.05, 4.69) is 17.6 Å². The van der Waals surface area contributed by atoms with E-state index in [0.29, 0.717) is 38.5 Å². The van der Waals surface area contributed by atoms with E-state index >= 15 is 0 Å². The van der Waals surface area contributed by atoms with Crippen LogP contribution in [0.5, 0.6) is 0 Å². The minimum absolute atomic E-state index is 0.00624. The lowest BCUT2D eigenvalue weighted by molar-refractivity contribution is -0.133. The molecule has 28 heavy (non-hydrogen) atoms. The molecule has 0 rings (SSSR count). The van der Waals surface area contributed by atoms with Gasteiger partial charge in [0.1, 0.15) is 0 Å². The molecule has 0 unspecified atom stereocenters. The van der Waals surface area contributed by atoms with Gasteiger partial charge in [-0.3, -0.25) is 9.59 Å². The fourth-order valence-corrected chi connectivity index (χ4v) is 2.59. The molecule has 166 valence electrons. The highest BCUT2D eigenvalue weighted by molar-refractivity contribution is 8.01. The Hall–Kier alpha value is -0.830. The molecule has 0 aliphatic heterocycles. The quantitative estimate of drug-likeness (QED) is 0.278. The van der Waals surface area contributed by atoms with Crippen LogP contribution in [0.4, 0.5) is 0 Å². The van der Waals surface area contributed by atoms with E-state index < -0.39 is 16.1 Å². The number of amides is 2. The van der Waals surface area contributed by atoms with Crippen molar-refractivity contribution < 1.29 is 19.1 Å². The van der Waals surface area contributed by atoms with Gasteiger partial charge in [-0.05, 0) is 48.0 Å². The minimum Gasteiger partial charge on any atom is -0.373 e. The first-order chi connectivity index (χ1) is 12.8. The number of thioether (sulfide) groups is 1. The lowest BCUT2D eigenvalue weighted by Crippen LogP contribution is -2.45. The van der Waals surface area contributed by atoms with Crippen LogP contribution in [0.15, 0.2) is 0 Å². The average molecular weight is 420 g/mol. The maximum Gasteiger partial charge on any atom is 0.230 e. The Labute approximate surface area is 175 Å². The first-order valence-electron chi connectivity index (χ1n) is 10.0. The summed E-state index contributed by atoms with van der Waals surface area (Å²) in [6, 6.07) is 0. The molecule has 0 spiro atoms. The number of carbonyl (C=O) groups is 2. The number of ether oxygens (including phenoxy) is 2. The van der Waals surface area contributed by atoms with Crippen molar-refractivity contribution in [1.82, 2.24) is 10.6 Å². The van der Waals surface area contributed by atoms with Gasteiger partial charge < -0.3 is 25.8 Å². The maximum absolute atomic E-state index is 11.9. The van der Waals surface area contributed by atoms with Crippen LogP contribution in [0.3, 0.4) is 0 Å². The van der Waals surface area contributed by atoms with Crippen molar-refractivity contribution >= 4 is 23.6 Å². The van der Waals surface area contributed by atoms with E-state index in [1.807, 2.05) is 41.5 Å². The summed E-state index contributed by atoms with van der Waals surface area (Å²) < 4.78 is 11.8. The molecule has 0 saturated carbocycles. The molecular weight excluding hydrogens is 378 g/mol. The maximum atomic E-state index is 11.9. The van der Waals surface area contributed by atoms with Crippen molar-refractivity contribution in [2.75, 3.05) is 32.1 Å². The summed E-state index contributed by atoms with van der Waals surface area (Å²) in [4.78, 5) is 23.2. The monoisotopic (exact) mass is 419 g/mol. The van der Waals surface area contributed by atoms with E-state index in [4.69, 9.17) is 15.2 Å². The fourth-order valence-electron chi connectivity index (χ4n) is 1.99. The van der Waals surface area contributed by atoms with Crippen molar-refractivity contribution in [2.45, 2.75) is 83.8 Å². The van der Waals surface area contributed by atoms with E-state index in [9.17, 15) is 9.59 Å². The number of carbonyl (C=O) groups excluding carboxylic acids is 2. The van der Waals surface area contributed by atoms with Gasteiger partial charge in [-0.1, -0.05) is 13.3 Å². The van der Waals surface area contributed by atoms with Crippen LogP contribution < -0.4 is 16.4 Å². The van der Waals surface area contributed by atoms with E-state index in [1.165, 1.54) is 11.8 Å². The summed E-state index contributed by atoms with van der Waals surface area (Å²) in [5, 5.41) is 5.75. The van der Waals surface area contributed by atoms with Gasteiger partial charge in [0, 0.05) is 19.5 Å². The summed E-state index contributed by atoms with van der Waals surface area (Å²) >= 11 is 1.40. The largest absolute Gasteiger partial charge is 0.373 e. The van der Waals surface area contributed by atoms with E-state index in [0.717, 1.165) is 12.8 Å². The van der Waals surface area contributed by atoms with Crippen molar-refractivity contribution in [2.24, 2.45) is 5.73 Å². The number of rotatable bonds is 15. The van der Waals surface area contributed by atoms with Crippen LogP contribution in [0, 0.1) is 0 Å². The Bertz CT molecular complexity index is 477. The van der Waals surface area contributed by atoms with Crippen molar-refractivity contribution in [1.29, 1.82) is 0 Å². The molecule has 0 heterocycles. The van der Waals surface area contributed by atoms with Gasteiger partial charge in [0.25, 0.3) is 0 Å². The Kier molecular flexibility index (Phi) is 12.3. The van der Waals surface area contributed by atoms with Gasteiger partial charge in [0.05, 0.1) is 35.0 Å². The predicted molar refractivity (Wildman–Crippen MR) is 116 cm³/mol. The second-order valence-corrected chi connectivity index (χ2v) is 10.4. The third-order valence-corrected chi connectivity index (χ3v) is 4.92. The Morgan fingerprint density at radius 1 is 0.964 bits per heavy atom. The number of hydrogen-bond acceptors (Lipinski definition) is 6. The van der Waals surface area contributed by atoms with Crippen molar-refractivity contribution in [3.8, 4) is 0 Å². The van der Waals surface area contributed by atoms with Gasteiger partial charge in [-0.15, -0.1) is 11.8 Å². The Morgan fingerprint density at radius 2 is 1.61 bits per heavy atom. The number of unbranched alkanes of at least 4 members (excludes halogenated alkanes) is 1. The van der Waals surface area contributed by atoms with Gasteiger partial charge >= 0.3 is 0 Å². The zero-order chi connectivity index (χ0) is 21.8. The first kappa shape index (κ1) is 27.2. The summed E-state index contributed by atoms with van der Waals surface area (Å²) in [5.74, 6) is 0.255. The minimum atomic E-state index is -0.531. The second-order valence-electron chi connectivity index (χ2n) is 8.78. The standard InChI is InChI=1S/C20H41N3O4S/c1-8-9-11-22-16(24)10-12-26-19(4,5)15-27-18(2,3)14-23-17(25)13-28-20(6,7)21/h8-15,21H2,1-7H3,(H,22,24)(H,23,25). The third kappa shape index (κ3) is 16.2. The molecule has 0 aromatic heterocycles. The number of hydrogen-bond donors (Lipinski definition) is 3. The van der Waals surface area contributed by atoms with Crippen molar-refractivity contribution in [3.63, 3.8) is 0 Å². The molecule has 0 aromatic rings. The molecule has 8 heteroatoms. The molecule has 0 aliphatic rings. The van der Waals surface area contributed by atoms with Crippen LogP contribution in [-0.2, 0) is 19.1 Å². The smallest absolute Gasteiger partial charge is 0.230 e.